The van der Waals surface area contributed by atoms with Gasteiger partial charge >= 0.3 is 0 Å². The molecule has 0 radical (unpaired) electrons. The van der Waals surface area contributed by atoms with Crippen LogP contribution in [0.25, 0.3) is 0 Å². The summed E-state index contributed by atoms with van der Waals surface area (Å²) >= 11 is 11.8. The molecule has 0 aliphatic carbocycles. The minimum Gasteiger partial charge on any atom is -0.346 e. The van der Waals surface area contributed by atoms with Gasteiger partial charge in [-0.15, -0.1) is 0 Å². The molecule has 0 amide bonds. The SMILES string of the molecule is Clc1ccc(Cl)c(C2OCCO2)c1. The second-order valence-corrected chi connectivity index (χ2v) is 3.58. The van der Waals surface area contributed by atoms with Crippen molar-refractivity contribution in [1.82, 2.24) is 0 Å². The first kappa shape index (κ1) is 9.28. The average Bonchev–Trinajstić information content (AvgIpc) is 2.61. The van der Waals surface area contributed by atoms with Gasteiger partial charge in [0, 0.05) is 15.6 Å². The van der Waals surface area contributed by atoms with Crippen molar-refractivity contribution in [3.8, 4) is 0 Å². The molecule has 2 nitrogen and oxygen atoms in total. The van der Waals surface area contributed by atoms with E-state index >= 15 is 0 Å². The van der Waals surface area contributed by atoms with Gasteiger partial charge in [-0.25, -0.2) is 0 Å². The number of benzene rings is 1. The lowest BCUT2D eigenvalue weighted by molar-refractivity contribution is -0.0440. The Balaban J connectivity index is 2.32. The van der Waals surface area contributed by atoms with E-state index in [9.17, 15) is 0 Å². The lowest BCUT2D eigenvalue weighted by atomic mass is 10.2. The maximum atomic E-state index is 5.96. The van der Waals surface area contributed by atoms with E-state index in [4.69, 9.17) is 32.7 Å². The lowest BCUT2D eigenvalue weighted by Crippen LogP contribution is -1.98. The fourth-order valence-corrected chi connectivity index (χ4v) is 1.62. The van der Waals surface area contributed by atoms with Crippen LogP contribution in [0, 0.1) is 0 Å². The van der Waals surface area contributed by atoms with E-state index in [2.05, 4.69) is 0 Å². The molecule has 0 unspecified atom stereocenters. The molecule has 1 aromatic carbocycles. The van der Waals surface area contributed by atoms with Crippen LogP contribution >= 0.6 is 23.2 Å². The molecule has 0 N–H and O–H groups in total. The van der Waals surface area contributed by atoms with Gasteiger partial charge in [0.1, 0.15) is 0 Å². The van der Waals surface area contributed by atoms with Gasteiger partial charge < -0.3 is 9.47 Å². The van der Waals surface area contributed by atoms with E-state index < -0.39 is 0 Å². The van der Waals surface area contributed by atoms with E-state index in [1.54, 1.807) is 18.2 Å². The van der Waals surface area contributed by atoms with Crippen molar-refractivity contribution < 1.29 is 9.47 Å². The minimum atomic E-state index is -0.355. The molecular weight excluding hydrogens is 211 g/mol. The molecule has 0 spiro atoms. The smallest absolute Gasteiger partial charge is 0.185 e. The van der Waals surface area contributed by atoms with E-state index in [1.165, 1.54) is 0 Å². The first-order chi connectivity index (χ1) is 6.27. The third-order valence-electron chi connectivity index (χ3n) is 1.83. The number of rotatable bonds is 1. The molecule has 1 saturated heterocycles. The quantitative estimate of drug-likeness (QED) is 0.722. The second kappa shape index (κ2) is 3.84. The van der Waals surface area contributed by atoms with E-state index in [0.29, 0.717) is 23.3 Å². The lowest BCUT2D eigenvalue weighted by Gasteiger charge is -2.10. The average molecular weight is 219 g/mol. The van der Waals surface area contributed by atoms with Crippen LogP contribution in [0.5, 0.6) is 0 Å². The molecule has 1 heterocycles. The summed E-state index contributed by atoms with van der Waals surface area (Å²) in [5.41, 5.74) is 0.798. The van der Waals surface area contributed by atoms with Gasteiger partial charge in [-0.3, -0.25) is 0 Å². The highest BCUT2D eigenvalue weighted by molar-refractivity contribution is 6.33. The van der Waals surface area contributed by atoms with Crippen LogP contribution in [0.3, 0.4) is 0 Å². The van der Waals surface area contributed by atoms with Crippen molar-refractivity contribution in [3.05, 3.63) is 33.8 Å². The Bertz CT molecular complexity index is 308. The Morgan fingerprint density at radius 1 is 1.15 bits per heavy atom. The Morgan fingerprint density at radius 3 is 2.54 bits per heavy atom. The number of hydrogen-bond donors (Lipinski definition) is 0. The van der Waals surface area contributed by atoms with Crippen LogP contribution in [0.4, 0.5) is 0 Å². The Labute approximate surface area is 86.4 Å². The summed E-state index contributed by atoms with van der Waals surface area (Å²) in [4.78, 5) is 0. The standard InChI is InChI=1S/C9H8Cl2O2/c10-6-1-2-8(11)7(5-6)9-12-3-4-13-9/h1-2,5,9H,3-4H2. The first-order valence-electron chi connectivity index (χ1n) is 3.95. The van der Waals surface area contributed by atoms with Crippen molar-refractivity contribution in [2.75, 3.05) is 13.2 Å². The minimum absolute atomic E-state index is 0.355. The van der Waals surface area contributed by atoms with Crippen molar-refractivity contribution in [2.45, 2.75) is 6.29 Å². The molecule has 1 aromatic rings. The normalized spacial score (nSPS) is 18.0. The molecule has 0 atom stereocenters. The fraction of sp³-hybridized carbons (Fsp3) is 0.333. The highest BCUT2D eigenvalue weighted by Gasteiger charge is 2.20. The van der Waals surface area contributed by atoms with E-state index in [0.717, 1.165) is 5.56 Å². The van der Waals surface area contributed by atoms with Gasteiger partial charge in [-0.05, 0) is 18.2 Å². The van der Waals surface area contributed by atoms with Crippen LogP contribution < -0.4 is 0 Å². The van der Waals surface area contributed by atoms with Crippen molar-refractivity contribution in [1.29, 1.82) is 0 Å². The summed E-state index contributed by atoms with van der Waals surface area (Å²) in [5.74, 6) is 0. The molecule has 0 bridgehead atoms. The van der Waals surface area contributed by atoms with Crippen molar-refractivity contribution >= 4 is 23.2 Å². The van der Waals surface area contributed by atoms with Gasteiger partial charge in [0.25, 0.3) is 0 Å². The predicted octanol–water partition coefficient (Wildman–Crippen LogP) is 3.04. The summed E-state index contributed by atoms with van der Waals surface area (Å²) < 4.78 is 10.6. The van der Waals surface area contributed by atoms with Gasteiger partial charge in [0.15, 0.2) is 6.29 Å². The summed E-state index contributed by atoms with van der Waals surface area (Å²) in [7, 11) is 0. The molecule has 4 heteroatoms. The summed E-state index contributed by atoms with van der Waals surface area (Å²) in [5, 5.41) is 1.26. The molecule has 1 fully saturated rings. The number of halogens is 2. The molecule has 0 aromatic heterocycles. The Kier molecular flexibility index (Phi) is 2.74. The zero-order chi connectivity index (χ0) is 9.26. The molecule has 0 saturated carbocycles. The summed E-state index contributed by atoms with van der Waals surface area (Å²) in [6.45, 7) is 1.21. The van der Waals surface area contributed by atoms with Crippen LogP contribution in [-0.4, -0.2) is 13.2 Å². The van der Waals surface area contributed by atoms with Gasteiger partial charge in [0.2, 0.25) is 0 Å². The highest BCUT2D eigenvalue weighted by atomic mass is 35.5. The van der Waals surface area contributed by atoms with Crippen molar-refractivity contribution in [3.63, 3.8) is 0 Å². The second-order valence-electron chi connectivity index (χ2n) is 2.74. The maximum absolute atomic E-state index is 5.96. The Morgan fingerprint density at radius 2 is 1.85 bits per heavy atom. The molecule has 1 aliphatic rings. The third kappa shape index (κ3) is 1.97. The van der Waals surface area contributed by atoms with Crippen LogP contribution in [0.2, 0.25) is 10.0 Å². The van der Waals surface area contributed by atoms with Crippen LogP contribution in [0.15, 0.2) is 18.2 Å². The zero-order valence-electron chi connectivity index (χ0n) is 6.80. The topological polar surface area (TPSA) is 18.5 Å². The molecule has 2 rings (SSSR count). The molecule has 70 valence electrons. The third-order valence-corrected chi connectivity index (χ3v) is 2.41. The summed E-state index contributed by atoms with van der Waals surface area (Å²) in [6, 6.07) is 5.24. The molecular formula is C9H8Cl2O2. The largest absolute Gasteiger partial charge is 0.346 e. The summed E-state index contributed by atoms with van der Waals surface area (Å²) in [6.07, 6.45) is -0.355. The monoisotopic (exact) mass is 218 g/mol. The first-order valence-corrected chi connectivity index (χ1v) is 4.71. The number of ether oxygens (including phenoxy) is 2. The van der Waals surface area contributed by atoms with Crippen molar-refractivity contribution in [2.24, 2.45) is 0 Å². The maximum Gasteiger partial charge on any atom is 0.185 e. The molecule has 1 aliphatic heterocycles. The van der Waals surface area contributed by atoms with E-state index in [1.807, 2.05) is 0 Å². The highest BCUT2D eigenvalue weighted by Crippen LogP contribution is 2.31. The van der Waals surface area contributed by atoms with Gasteiger partial charge in [0.05, 0.1) is 13.2 Å². The van der Waals surface area contributed by atoms with Crippen LogP contribution in [-0.2, 0) is 9.47 Å². The van der Waals surface area contributed by atoms with Gasteiger partial charge in [-0.1, -0.05) is 23.2 Å². The molecule has 13 heavy (non-hydrogen) atoms. The van der Waals surface area contributed by atoms with Crippen LogP contribution in [0.1, 0.15) is 11.9 Å². The van der Waals surface area contributed by atoms with Gasteiger partial charge in [-0.2, -0.15) is 0 Å². The fourth-order valence-electron chi connectivity index (χ4n) is 1.23. The number of hydrogen-bond acceptors (Lipinski definition) is 2. The Hall–Kier alpha value is -0.280. The predicted molar refractivity (Wildman–Crippen MR) is 51.1 cm³/mol. The van der Waals surface area contributed by atoms with E-state index in [-0.39, 0.29) is 6.29 Å². The zero-order valence-corrected chi connectivity index (χ0v) is 8.31.